The zero-order valence-corrected chi connectivity index (χ0v) is 41.4. The molecule has 4 N–H and O–H groups in total. The molecule has 0 spiro atoms. The summed E-state index contributed by atoms with van der Waals surface area (Å²) in [5, 5.41) is 14.5. The van der Waals surface area contributed by atoms with E-state index in [4.69, 9.17) is 47.1 Å². The number of nitrogens with zero attached hydrogens (tertiary/aromatic N) is 8. The second kappa shape index (κ2) is 23.4. The van der Waals surface area contributed by atoms with Crippen LogP contribution < -0.4 is 35.8 Å². The van der Waals surface area contributed by atoms with Crippen molar-refractivity contribution in [2.24, 2.45) is 0 Å². The average Bonchev–Trinajstić information content (AvgIpc) is 4.05. The Morgan fingerprint density at radius 1 is 0.769 bits per heavy atom. The van der Waals surface area contributed by atoms with Gasteiger partial charge in [0.1, 0.15) is 15.8 Å². The molecule has 4 aromatic rings. The van der Waals surface area contributed by atoms with Crippen molar-refractivity contribution in [2.75, 3.05) is 116 Å². The maximum absolute atomic E-state index is 6.79. The van der Waals surface area contributed by atoms with Crippen LogP contribution in [0.15, 0.2) is 48.8 Å². The van der Waals surface area contributed by atoms with E-state index in [9.17, 15) is 0 Å². The van der Waals surface area contributed by atoms with E-state index in [0.29, 0.717) is 53.3 Å². The average molecular weight is 1050 g/mol. The highest BCUT2D eigenvalue weighted by Gasteiger charge is 2.24. The van der Waals surface area contributed by atoms with Crippen molar-refractivity contribution in [2.45, 2.75) is 83.9 Å². The van der Waals surface area contributed by atoms with Gasteiger partial charge in [-0.3, -0.25) is 4.90 Å². The summed E-state index contributed by atoms with van der Waals surface area (Å²) < 4.78 is 26.8. The molecule has 2 unspecified atom stereocenters. The van der Waals surface area contributed by atoms with Gasteiger partial charge in [0.2, 0.25) is 11.9 Å². The number of hydrogen-bond donors (Lipinski definition) is 4. The predicted octanol–water partition coefficient (Wildman–Crippen LogP) is 8.62. The molecule has 2 aromatic carbocycles. The zero-order valence-electron chi connectivity index (χ0n) is 37.7. The van der Waals surface area contributed by atoms with Gasteiger partial charge in [-0.2, -0.15) is 9.97 Å². The number of nitrogens with one attached hydrogen (secondary N) is 4. The zero-order chi connectivity index (χ0) is 45.1. The lowest BCUT2D eigenvalue weighted by Gasteiger charge is -2.37. The molecule has 65 heavy (non-hydrogen) atoms. The van der Waals surface area contributed by atoms with Gasteiger partial charge in [-0.15, -0.1) is 0 Å². The molecule has 3 atom stereocenters. The van der Waals surface area contributed by atoms with E-state index in [-0.39, 0.29) is 24.4 Å². The SMILES string of the molecule is CC(C)OCc1cc(Nc2ncc(Cl)c(NCC3CCCO3)n2)ccc1N1CCN(CCC(C)Oc2cc(N3CCN(I)CC3)ccc2Nc2ncc(Cl)c(NC[C@H]3CCCO3)n2)CC1. The Morgan fingerprint density at radius 3 is 2.02 bits per heavy atom. The Bertz CT molecular complexity index is 2150. The Morgan fingerprint density at radius 2 is 1.40 bits per heavy atom. The van der Waals surface area contributed by atoms with Crippen molar-refractivity contribution in [1.29, 1.82) is 0 Å². The first-order chi connectivity index (χ1) is 31.6. The number of piperazine rings is 2. The lowest BCUT2D eigenvalue weighted by atomic mass is 10.1. The number of benzene rings is 2. The molecule has 0 saturated carbocycles. The van der Waals surface area contributed by atoms with E-state index in [1.165, 1.54) is 5.69 Å². The number of rotatable bonds is 20. The number of ether oxygens (including phenoxy) is 4. The molecule has 19 heteroatoms. The highest BCUT2D eigenvalue weighted by molar-refractivity contribution is 14.1. The second-order valence-corrected chi connectivity index (χ2v) is 19.6. The first-order valence-electron chi connectivity index (χ1n) is 23.1. The smallest absolute Gasteiger partial charge is 0.229 e. The van der Waals surface area contributed by atoms with Gasteiger partial charge in [-0.25, -0.2) is 13.1 Å². The normalized spacial score (nSPS) is 20.0. The third kappa shape index (κ3) is 13.7. The molecule has 2 aromatic heterocycles. The summed E-state index contributed by atoms with van der Waals surface area (Å²) in [6.45, 7) is 18.2. The van der Waals surface area contributed by atoms with E-state index >= 15 is 0 Å². The molecule has 4 saturated heterocycles. The maximum atomic E-state index is 6.79. The highest BCUT2D eigenvalue weighted by atomic mass is 127. The van der Waals surface area contributed by atoms with Crippen molar-refractivity contribution in [3.05, 3.63) is 64.4 Å². The van der Waals surface area contributed by atoms with Crippen LogP contribution >= 0.6 is 46.1 Å². The molecule has 4 fully saturated rings. The van der Waals surface area contributed by atoms with Crippen molar-refractivity contribution < 1.29 is 18.9 Å². The van der Waals surface area contributed by atoms with E-state index in [1.54, 1.807) is 12.4 Å². The van der Waals surface area contributed by atoms with E-state index in [2.05, 4.69) is 134 Å². The van der Waals surface area contributed by atoms with Gasteiger partial charge in [0, 0.05) is 137 Å². The van der Waals surface area contributed by atoms with Crippen molar-refractivity contribution in [1.82, 2.24) is 27.9 Å². The van der Waals surface area contributed by atoms with E-state index in [1.807, 2.05) is 0 Å². The maximum Gasteiger partial charge on any atom is 0.229 e. The Hall–Kier alpha value is -3.69. The minimum atomic E-state index is -0.0394. The molecule has 4 aliphatic rings. The number of aromatic nitrogens is 4. The summed E-state index contributed by atoms with van der Waals surface area (Å²) in [4.78, 5) is 25.8. The van der Waals surface area contributed by atoms with Crippen LogP contribution in [-0.4, -0.2) is 138 Å². The fraction of sp³-hybridized carbons (Fsp3) is 0.565. The van der Waals surface area contributed by atoms with Gasteiger partial charge >= 0.3 is 0 Å². The summed E-state index contributed by atoms with van der Waals surface area (Å²) in [5.74, 6) is 2.85. The first kappa shape index (κ1) is 47.8. The quantitative estimate of drug-likeness (QED) is 0.0494. The van der Waals surface area contributed by atoms with E-state index < -0.39 is 0 Å². The fourth-order valence-corrected chi connectivity index (χ4v) is 9.18. The van der Waals surface area contributed by atoms with Crippen LogP contribution in [0.1, 0.15) is 58.4 Å². The molecule has 0 bridgehead atoms. The standard InChI is InChI=1S/C46H63Cl2IN12O4/c1-31(2)64-30-33-24-34(54-45-52-28-38(47)43(56-45)50-26-36-6-4-22-62-36)8-11-41(33)60-16-14-58(15-17-60)13-12-32(3)65-42-25-35(59-18-20-61(49)21-19-59)9-10-40(42)55-46-53-29-39(48)44(57-46)51-27-37-7-5-23-63-37/h8-11,24-25,28-29,31-32,36-37H,4-7,12-23,26-27,30H2,1-3H3,(H2,50,52,54,56)(H2,51,53,55,57)/t32?,36?,37-/m1/s1. The summed E-state index contributed by atoms with van der Waals surface area (Å²) in [6.07, 6.45) is 8.72. The summed E-state index contributed by atoms with van der Waals surface area (Å²) in [6, 6.07) is 12.8. The lowest BCUT2D eigenvalue weighted by molar-refractivity contribution is 0.0658. The van der Waals surface area contributed by atoms with Crippen LogP contribution in [0.5, 0.6) is 5.75 Å². The third-order valence-corrected chi connectivity index (χ3v) is 13.7. The van der Waals surface area contributed by atoms with Crippen LogP contribution in [-0.2, 0) is 20.8 Å². The molecular formula is C46H63Cl2IN12O4. The molecule has 16 nitrogen and oxygen atoms in total. The topological polar surface area (TPSA) is 150 Å². The Labute approximate surface area is 407 Å². The largest absolute Gasteiger partial charge is 0.488 e. The number of anilines is 8. The molecular weight excluding hydrogens is 982 g/mol. The molecule has 0 aliphatic carbocycles. The minimum Gasteiger partial charge on any atom is -0.488 e. The summed E-state index contributed by atoms with van der Waals surface area (Å²) >= 11 is 15.4. The Kier molecular flexibility index (Phi) is 17.2. The molecule has 0 radical (unpaired) electrons. The number of hydrogen-bond acceptors (Lipinski definition) is 16. The molecule has 352 valence electrons. The summed E-state index contributed by atoms with van der Waals surface area (Å²) in [7, 11) is 0. The lowest BCUT2D eigenvalue weighted by Crippen LogP contribution is -2.47. The third-order valence-electron chi connectivity index (χ3n) is 12.1. The van der Waals surface area contributed by atoms with Gasteiger partial charge < -0.3 is 50.0 Å². The summed E-state index contributed by atoms with van der Waals surface area (Å²) in [5.41, 5.74) is 5.12. The van der Waals surface area contributed by atoms with Gasteiger partial charge in [0.15, 0.2) is 11.6 Å². The van der Waals surface area contributed by atoms with Gasteiger partial charge in [-0.05, 0) is 83.2 Å². The van der Waals surface area contributed by atoms with Gasteiger partial charge in [-0.1, -0.05) is 23.2 Å². The highest BCUT2D eigenvalue weighted by Crippen LogP contribution is 2.35. The Balaban J connectivity index is 0.879. The van der Waals surface area contributed by atoms with E-state index in [0.717, 1.165) is 133 Å². The van der Waals surface area contributed by atoms with Crippen molar-refractivity contribution >= 4 is 92.3 Å². The molecule has 8 rings (SSSR count). The molecule has 4 aliphatic heterocycles. The monoisotopic (exact) mass is 1040 g/mol. The molecule has 0 amide bonds. The van der Waals surface area contributed by atoms with Gasteiger partial charge in [0.25, 0.3) is 0 Å². The first-order valence-corrected chi connectivity index (χ1v) is 24.8. The van der Waals surface area contributed by atoms with Crippen LogP contribution in [0.2, 0.25) is 10.0 Å². The van der Waals surface area contributed by atoms with Crippen LogP contribution in [0.4, 0.5) is 46.3 Å². The van der Waals surface area contributed by atoms with Gasteiger partial charge in [0.05, 0.1) is 49.1 Å². The second-order valence-electron chi connectivity index (χ2n) is 17.4. The molecule has 6 heterocycles. The van der Waals surface area contributed by atoms with Crippen LogP contribution in [0.3, 0.4) is 0 Å². The number of halogens is 3. The fourth-order valence-electron chi connectivity index (χ4n) is 8.43. The predicted molar refractivity (Wildman–Crippen MR) is 270 cm³/mol. The van der Waals surface area contributed by atoms with Crippen molar-refractivity contribution in [3.8, 4) is 5.75 Å². The van der Waals surface area contributed by atoms with Crippen LogP contribution in [0.25, 0.3) is 0 Å². The van der Waals surface area contributed by atoms with Crippen LogP contribution in [0, 0.1) is 0 Å². The minimum absolute atomic E-state index is 0.0394. The van der Waals surface area contributed by atoms with Crippen molar-refractivity contribution in [3.63, 3.8) is 0 Å².